The zero-order valence-corrected chi connectivity index (χ0v) is 16.7. The maximum Gasteiger partial charge on any atom is 0.222 e. The minimum Gasteiger partial charge on any atom is -0.390 e. The molecule has 1 aromatic heterocycles. The maximum absolute atomic E-state index is 12.6. The van der Waals surface area contributed by atoms with Crippen LogP contribution in [0.1, 0.15) is 35.7 Å². The minimum absolute atomic E-state index is 0.0337. The SMILES string of the molecule is CC(=O)Nc1ccc(C(=O)CN2CC3CC(O)(Cc4ccccc4)C[C@H]3C2)cn1. The van der Waals surface area contributed by atoms with E-state index in [1.54, 1.807) is 12.1 Å². The summed E-state index contributed by atoms with van der Waals surface area (Å²) < 4.78 is 0. The highest BCUT2D eigenvalue weighted by Gasteiger charge is 2.48. The van der Waals surface area contributed by atoms with Gasteiger partial charge in [0.25, 0.3) is 0 Å². The van der Waals surface area contributed by atoms with Crippen LogP contribution in [0.2, 0.25) is 0 Å². The Balaban J connectivity index is 1.30. The maximum atomic E-state index is 12.6. The van der Waals surface area contributed by atoms with E-state index in [0.29, 0.717) is 36.2 Å². The number of aliphatic hydroxyl groups is 1. The zero-order chi connectivity index (χ0) is 20.4. The van der Waals surface area contributed by atoms with Gasteiger partial charge in [-0.1, -0.05) is 30.3 Å². The number of pyridine rings is 1. The lowest BCUT2D eigenvalue weighted by Gasteiger charge is -2.26. The molecule has 1 aliphatic heterocycles. The molecule has 6 nitrogen and oxygen atoms in total. The summed E-state index contributed by atoms with van der Waals surface area (Å²) in [4.78, 5) is 30.0. The standard InChI is InChI=1S/C23H27N3O3/c1-16(27)25-22-8-7-18(12-24-22)21(28)15-26-13-19-10-23(29,11-20(19)14-26)9-17-5-3-2-4-6-17/h2-8,12,19-20,29H,9-11,13-15H2,1H3,(H,24,25,27)/t19-,20?,23?/m0/s1. The summed E-state index contributed by atoms with van der Waals surface area (Å²) in [5, 5.41) is 13.7. The molecule has 1 saturated carbocycles. The molecule has 1 aromatic carbocycles. The number of benzene rings is 1. The molecule has 1 amide bonds. The lowest BCUT2D eigenvalue weighted by atomic mass is 9.91. The summed E-state index contributed by atoms with van der Waals surface area (Å²) in [7, 11) is 0. The van der Waals surface area contributed by atoms with E-state index in [0.717, 1.165) is 25.9 Å². The van der Waals surface area contributed by atoms with Crippen molar-refractivity contribution in [2.24, 2.45) is 11.8 Å². The van der Waals surface area contributed by atoms with E-state index >= 15 is 0 Å². The van der Waals surface area contributed by atoms with Gasteiger partial charge in [0, 0.05) is 38.2 Å². The van der Waals surface area contributed by atoms with Crippen molar-refractivity contribution < 1.29 is 14.7 Å². The van der Waals surface area contributed by atoms with Crippen molar-refractivity contribution in [3.05, 3.63) is 59.8 Å². The van der Waals surface area contributed by atoms with Crippen LogP contribution in [-0.2, 0) is 11.2 Å². The van der Waals surface area contributed by atoms with Gasteiger partial charge in [0.15, 0.2) is 5.78 Å². The average molecular weight is 393 g/mol. The van der Waals surface area contributed by atoms with Gasteiger partial charge in [0.05, 0.1) is 12.1 Å². The van der Waals surface area contributed by atoms with Crippen LogP contribution in [0.4, 0.5) is 5.82 Å². The number of ketones is 1. The van der Waals surface area contributed by atoms with Gasteiger partial charge < -0.3 is 10.4 Å². The Morgan fingerprint density at radius 3 is 2.41 bits per heavy atom. The third-order valence-corrected chi connectivity index (χ3v) is 6.07. The first-order chi connectivity index (χ1) is 13.9. The Bertz CT molecular complexity index is 868. The topological polar surface area (TPSA) is 82.5 Å². The molecule has 1 aliphatic carbocycles. The van der Waals surface area contributed by atoms with Crippen LogP contribution in [0, 0.1) is 11.8 Å². The Morgan fingerprint density at radius 1 is 1.14 bits per heavy atom. The van der Waals surface area contributed by atoms with Crippen molar-refractivity contribution in [3.8, 4) is 0 Å². The molecule has 4 rings (SSSR count). The molecule has 2 N–H and O–H groups in total. The first-order valence-electron chi connectivity index (χ1n) is 10.2. The van der Waals surface area contributed by atoms with Crippen molar-refractivity contribution in [1.29, 1.82) is 0 Å². The summed E-state index contributed by atoms with van der Waals surface area (Å²) in [6.45, 7) is 3.49. The van der Waals surface area contributed by atoms with Crippen LogP contribution in [0.15, 0.2) is 48.7 Å². The molecular formula is C23H27N3O3. The highest BCUT2D eigenvalue weighted by Crippen LogP contribution is 2.45. The third kappa shape index (κ3) is 4.71. The normalized spacial score (nSPS) is 26.3. The van der Waals surface area contributed by atoms with E-state index in [-0.39, 0.29) is 11.7 Å². The number of Topliss-reactive ketones (excluding diaryl/α,β-unsaturated/α-hetero) is 1. The Morgan fingerprint density at radius 2 is 1.83 bits per heavy atom. The lowest BCUT2D eigenvalue weighted by molar-refractivity contribution is -0.114. The fourth-order valence-electron chi connectivity index (χ4n) is 4.91. The van der Waals surface area contributed by atoms with Gasteiger partial charge in [0.2, 0.25) is 5.91 Å². The smallest absolute Gasteiger partial charge is 0.222 e. The predicted octanol–water partition coefficient (Wildman–Crippen LogP) is 2.54. The molecular weight excluding hydrogens is 366 g/mol. The molecule has 1 saturated heterocycles. The minimum atomic E-state index is -0.629. The van der Waals surface area contributed by atoms with Crippen LogP contribution in [0.25, 0.3) is 0 Å². The van der Waals surface area contributed by atoms with Crippen LogP contribution >= 0.6 is 0 Å². The summed E-state index contributed by atoms with van der Waals surface area (Å²) in [5.74, 6) is 1.18. The van der Waals surface area contributed by atoms with Crippen molar-refractivity contribution in [1.82, 2.24) is 9.88 Å². The zero-order valence-electron chi connectivity index (χ0n) is 16.7. The third-order valence-electron chi connectivity index (χ3n) is 6.07. The number of nitrogens with zero attached hydrogens (tertiary/aromatic N) is 2. The lowest BCUT2D eigenvalue weighted by Crippen LogP contribution is -2.34. The largest absolute Gasteiger partial charge is 0.390 e. The number of fused-ring (bicyclic) bond motifs is 1. The highest BCUT2D eigenvalue weighted by atomic mass is 16.3. The molecule has 2 fully saturated rings. The van der Waals surface area contributed by atoms with Crippen molar-refractivity contribution in [2.75, 3.05) is 25.0 Å². The number of aromatic nitrogens is 1. The second kappa shape index (κ2) is 8.05. The molecule has 152 valence electrons. The van der Waals surface area contributed by atoms with Gasteiger partial charge in [-0.05, 0) is 42.4 Å². The predicted molar refractivity (Wildman–Crippen MR) is 111 cm³/mol. The molecule has 0 radical (unpaired) electrons. The molecule has 2 aromatic rings. The number of hydrogen-bond acceptors (Lipinski definition) is 5. The number of hydrogen-bond donors (Lipinski definition) is 2. The molecule has 0 spiro atoms. The summed E-state index contributed by atoms with van der Waals surface area (Å²) in [6.07, 6.45) is 3.81. The molecule has 2 aliphatic rings. The number of rotatable bonds is 6. The summed E-state index contributed by atoms with van der Waals surface area (Å²) in [5.41, 5.74) is 1.10. The van der Waals surface area contributed by atoms with Gasteiger partial charge in [0.1, 0.15) is 5.82 Å². The quantitative estimate of drug-likeness (QED) is 0.737. The molecule has 0 bridgehead atoms. The Hall–Kier alpha value is -2.57. The Kier molecular flexibility index (Phi) is 5.48. The second-order valence-electron chi connectivity index (χ2n) is 8.55. The molecule has 2 heterocycles. The molecule has 29 heavy (non-hydrogen) atoms. The van der Waals surface area contributed by atoms with Crippen LogP contribution in [-0.4, -0.2) is 51.9 Å². The van der Waals surface area contributed by atoms with Crippen LogP contribution < -0.4 is 5.32 Å². The van der Waals surface area contributed by atoms with Crippen molar-refractivity contribution in [2.45, 2.75) is 31.8 Å². The van der Waals surface area contributed by atoms with Gasteiger partial charge in [-0.15, -0.1) is 0 Å². The number of anilines is 1. The van der Waals surface area contributed by atoms with E-state index in [1.165, 1.54) is 18.7 Å². The monoisotopic (exact) mass is 393 g/mol. The van der Waals surface area contributed by atoms with Gasteiger partial charge >= 0.3 is 0 Å². The molecule has 2 unspecified atom stereocenters. The first kappa shape index (κ1) is 19.7. The number of nitrogens with one attached hydrogen (secondary N) is 1. The van der Waals surface area contributed by atoms with E-state index in [4.69, 9.17) is 0 Å². The highest BCUT2D eigenvalue weighted by molar-refractivity contribution is 5.97. The molecule has 6 heteroatoms. The fourth-order valence-corrected chi connectivity index (χ4v) is 4.91. The average Bonchev–Trinajstić information content (AvgIpc) is 3.16. The van der Waals surface area contributed by atoms with Gasteiger partial charge in [-0.3, -0.25) is 14.5 Å². The fraction of sp³-hybridized carbons (Fsp3) is 0.435. The van der Waals surface area contributed by atoms with Crippen LogP contribution in [0.5, 0.6) is 0 Å². The number of carbonyl (C=O) groups excluding carboxylic acids is 2. The molecule has 3 atom stereocenters. The summed E-state index contributed by atoms with van der Waals surface area (Å²) >= 11 is 0. The van der Waals surface area contributed by atoms with E-state index < -0.39 is 5.60 Å². The Labute approximate surface area is 171 Å². The van der Waals surface area contributed by atoms with E-state index in [1.807, 2.05) is 18.2 Å². The van der Waals surface area contributed by atoms with Crippen molar-refractivity contribution >= 4 is 17.5 Å². The summed E-state index contributed by atoms with van der Waals surface area (Å²) in [6, 6.07) is 13.5. The second-order valence-corrected chi connectivity index (χ2v) is 8.55. The van der Waals surface area contributed by atoms with Crippen molar-refractivity contribution in [3.63, 3.8) is 0 Å². The number of amides is 1. The first-order valence-corrected chi connectivity index (χ1v) is 10.2. The van der Waals surface area contributed by atoms with E-state index in [9.17, 15) is 14.7 Å². The number of likely N-dealkylation sites (tertiary alicyclic amines) is 1. The van der Waals surface area contributed by atoms with Crippen LogP contribution in [0.3, 0.4) is 0 Å². The van der Waals surface area contributed by atoms with E-state index in [2.05, 4.69) is 27.3 Å². The number of carbonyl (C=O) groups is 2. The van der Waals surface area contributed by atoms with Gasteiger partial charge in [-0.25, -0.2) is 4.98 Å². The van der Waals surface area contributed by atoms with Gasteiger partial charge in [-0.2, -0.15) is 0 Å².